The van der Waals surface area contributed by atoms with Crippen molar-refractivity contribution in [2.75, 3.05) is 13.1 Å². The van der Waals surface area contributed by atoms with Crippen molar-refractivity contribution in [3.05, 3.63) is 64.5 Å². The normalized spacial score (nSPS) is 22.8. The lowest BCUT2D eigenvalue weighted by atomic mass is 9.98. The molecule has 2 aromatic rings. The second kappa shape index (κ2) is 9.78. The average molecular weight is 524 g/mol. The maximum absolute atomic E-state index is 15.1. The molecule has 0 aliphatic carbocycles. The third kappa shape index (κ3) is 5.44. The van der Waals surface area contributed by atoms with Gasteiger partial charge < -0.3 is 14.4 Å². The summed E-state index contributed by atoms with van der Waals surface area (Å²) in [6.07, 6.45) is 0.480. The van der Waals surface area contributed by atoms with Crippen molar-refractivity contribution in [3.8, 4) is 5.75 Å². The molecule has 202 valence electrons. The molecular formula is C29H34FN3O5. The molecule has 3 heterocycles. The van der Waals surface area contributed by atoms with E-state index in [0.29, 0.717) is 29.0 Å². The van der Waals surface area contributed by atoms with Gasteiger partial charge in [0, 0.05) is 42.7 Å². The van der Waals surface area contributed by atoms with E-state index in [1.807, 2.05) is 6.07 Å². The number of amides is 3. The highest BCUT2D eigenvalue weighted by Crippen LogP contribution is 2.34. The number of ether oxygens (including phenoxy) is 2. The van der Waals surface area contributed by atoms with Crippen molar-refractivity contribution in [1.82, 2.24) is 15.1 Å². The number of hydrogen-bond acceptors (Lipinski definition) is 6. The zero-order chi connectivity index (χ0) is 27.2. The minimum absolute atomic E-state index is 0.00674. The van der Waals surface area contributed by atoms with Gasteiger partial charge in [-0.05, 0) is 57.9 Å². The van der Waals surface area contributed by atoms with E-state index < -0.39 is 11.9 Å². The van der Waals surface area contributed by atoms with Gasteiger partial charge in [0.15, 0.2) is 0 Å². The summed E-state index contributed by atoms with van der Waals surface area (Å²) in [7, 11) is 0. The van der Waals surface area contributed by atoms with E-state index >= 15 is 4.39 Å². The molecule has 2 saturated heterocycles. The van der Waals surface area contributed by atoms with E-state index in [2.05, 4.69) is 37.9 Å². The van der Waals surface area contributed by atoms with Crippen LogP contribution in [0.4, 0.5) is 4.39 Å². The quantitative estimate of drug-likeness (QED) is 0.583. The average Bonchev–Trinajstić information content (AvgIpc) is 3.13. The molecule has 9 heteroatoms. The summed E-state index contributed by atoms with van der Waals surface area (Å²) in [4.78, 5) is 40.6. The first-order valence-corrected chi connectivity index (χ1v) is 13.0. The Morgan fingerprint density at radius 3 is 2.50 bits per heavy atom. The van der Waals surface area contributed by atoms with E-state index in [-0.39, 0.29) is 54.8 Å². The zero-order valence-corrected chi connectivity index (χ0v) is 22.3. The van der Waals surface area contributed by atoms with Crippen molar-refractivity contribution in [2.45, 2.75) is 77.5 Å². The van der Waals surface area contributed by atoms with Crippen molar-refractivity contribution in [3.63, 3.8) is 0 Å². The molecule has 1 N–H and O–H groups in total. The maximum atomic E-state index is 15.1. The van der Waals surface area contributed by atoms with Crippen molar-refractivity contribution in [2.24, 2.45) is 0 Å². The summed E-state index contributed by atoms with van der Waals surface area (Å²) in [5.74, 6) is -0.929. The van der Waals surface area contributed by atoms with Gasteiger partial charge in [0.1, 0.15) is 24.2 Å². The monoisotopic (exact) mass is 523 g/mol. The van der Waals surface area contributed by atoms with Crippen LogP contribution in [0.15, 0.2) is 36.4 Å². The lowest BCUT2D eigenvalue weighted by Gasteiger charge is -2.47. The molecule has 0 radical (unpaired) electrons. The molecule has 0 spiro atoms. The highest BCUT2D eigenvalue weighted by Gasteiger charge is 2.40. The zero-order valence-electron chi connectivity index (χ0n) is 22.3. The predicted octanol–water partition coefficient (Wildman–Crippen LogP) is 3.56. The first-order valence-electron chi connectivity index (χ1n) is 13.0. The number of piperidine rings is 1. The van der Waals surface area contributed by atoms with Gasteiger partial charge in [-0.3, -0.25) is 24.6 Å². The van der Waals surface area contributed by atoms with Crippen LogP contribution in [0.3, 0.4) is 0 Å². The molecule has 2 fully saturated rings. The molecule has 1 unspecified atom stereocenters. The number of carbonyl (C=O) groups is 3. The third-order valence-electron chi connectivity index (χ3n) is 7.21. The summed E-state index contributed by atoms with van der Waals surface area (Å²) in [6, 6.07) is 9.66. The van der Waals surface area contributed by atoms with Gasteiger partial charge in [-0.1, -0.05) is 18.2 Å². The minimum Gasteiger partial charge on any atom is -0.488 e. The van der Waals surface area contributed by atoms with Crippen LogP contribution in [-0.2, 0) is 34.0 Å². The Morgan fingerprint density at radius 1 is 1.08 bits per heavy atom. The lowest BCUT2D eigenvalue weighted by molar-refractivity contribution is -0.182. The molecule has 0 saturated carbocycles. The van der Waals surface area contributed by atoms with Crippen molar-refractivity contribution in [1.29, 1.82) is 0 Å². The number of morpholine rings is 1. The van der Waals surface area contributed by atoms with Gasteiger partial charge in [-0.25, -0.2) is 4.39 Å². The topological polar surface area (TPSA) is 88.2 Å². The van der Waals surface area contributed by atoms with E-state index in [1.54, 1.807) is 30.3 Å². The maximum Gasteiger partial charge on any atom is 0.255 e. The number of rotatable bonds is 6. The number of carbonyl (C=O) groups excluding carboxylic acids is 3. The number of benzene rings is 2. The summed E-state index contributed by atoms with van der Waals surface area (Å²) in [6.45, 7) is 10.6. The van der Waals surface area contributed by atoms with Crippen LogP contribution in [0.1, 0.15) is 67.6 Å². The van der Waals surface area contributed by atoms with Crippen LogP contribution in [-0.4, -0.2) is 57.9 Å². The lowest BCUT2D eigenvalue weighted by Crippen LogP contribution is -2.56. The fourth-order valence-corrected chi connectivity index (χ4v) is 5.97. The highest BCUT2D eigenvalue weighted by molar-refractivity contribution is 6.05. The van der Waals surface area contributed by atoms with Gasteiger partial charge in [-0.2, -0.15) is 0 Å². The first-order chi connectivity index (χ1) is 17.9. The molecular weight excluding hydrogens is 489 g/mol. The van der Waals surface area contributed by atoms with Crippen LogP contribution in [0.25, 0.3) is 0 Å². The highest BCUT2D eigenvalue weighted by atomic mass is 19.1. The standard InChI is InChI=1S/C29H34FN3O5/c1-28(2)16-32(17-29(3,4)38-28)13-18-8-9-19(22(30)12-18)15-37-24-7-5-6-20-21(24)14-33(27(20)36)23-10-11-25(34)31-26(23)35/h5-9,12,23H,10-11,13-17H2,1-4H3,(H,31,34,35). The predicted molar refractivity (Wildman–Crippen MR) is 138 cm³/mol. The summed E-state index contributed by atoms with van der Waals surface area (Å²) in [5, 5.41) is 2.31. The minimum atomic E-state index is -0.701. The first kappa shape index (κ1) is 26.3. The number of nitrogens with one attached hydrogen (secondary N) is 1. The smallest absolute Gasteiger partial charge is 0.255 e. The Balaban J connectivity index is 1.25. The summed E-state index contributed by atoms with van der Waals surface area (Å²) in [5.41, 5.74) is 1.86. The summed E-state index contributed by atoms with van der Waals surface area (Å²) >= 11 is 0. The molecule has 3 amide bonds. The third-order valence-corrected chi connectivity index (χ3v) is 7.21. The molecule has 1 atom stereocenters. The van der Waals surface area contributed by atoms with Gasteiger partial charge in [0.05, 0.1) is 17.7 Å². The van der Waals surface area contributed by atoms with Crippen LogP contribution in [0, 0.1) is 5.82 Å². The summed E-state index contributed by atoms with van der Waals surface area (Å²) < 4.78 is 27.2. The number of fused-ring (bicyclic) bond motifs is 1. The van der Waals surface area contributed by atoms with Gasteiger partial charge >= 0.3 is 0 Å². The van der Waals surface area contributed by atoms with Crippen molar-refractivity contribution >= 4 is 17.7 Å². The van der Waals surface area contributed by atoms with E-state index in [1.165, 1.54) is 4.90 Å². The Labute approximate surface area is 222 Å². The van der Waals surface area contributed by atoms with Crippen LogP contribution in [0.2, 0.25) is 0 Å². The molecule has 3 aliphatic heterocycles. The fourth-order valence-electron chi connectivity index (χ4n) is 5.97. The number of hydrogen-bond donors (Lipinski definition) is 1. The van der Waals surface area contributed by atoms with Gasteiger partial charge in [0.2, 0.25) is 11.8 Å². The van der Waals surface area contributed by atoms with E-state index in [4.69, 9.17) is 9.47 Å². The molecule has 5 rings (SSSR count). The SMILES string of the molecule is CC1(C)CN(Cc2ccc(COc3cccc4c3CN(C3CCC(=O)NC3=O)C4=O)c(F)c2)CC(C)(C)O1. The van der Waals surface area contributed by atoms with Gasteiger partial charge in [-0.15, -0.1) is 0 Å². The van der Waals surface area contributed by atoms with Crippen LogP contribution in [0.5, 0.6) is 5.75 Å². The van der Waals surface area contributed by atoms with Gasteiger partial charge in [0.25, 0.3) is 5.91 Å². The Bertz CT molecular complexity index is 1270. The number of nitrogens with zero attached hydrogens (tertiary/aromatic N) is 2. The molecule has 2 aromatic carbocycles. The molecule has 0 aromatic heterocycles. The molecule has 3 aliphatic rings. The Morgan fingerprint density at radius 2 is 1.82 bits per heavy atom. The number of imide groups is 1. The molecule has 8 nitrogen and oxygen atoms in total. The second-order valence-corrected chi connectivity index (χ2v) is 11.7. The second-order valence-electron chi connectivity index (χ2n) is 11.7. The molecule has 0 bridgehead atoms. The number of halogens is 1. The van der Waals surface area contributed by atoms with Crippen LogP contribution >= 0.6 is 0 Å². The fraction of sp³-hybridized carbons (Fsp3) is 0.483. The Hall–Kier alpha value is -3.30. The van der Waals surface area contributed by atoms with E-state index in [0.717, 1.165) is 18.7 Å². The van der Waals surface area contributed by atoms with Crippen LogP contribution < -0.4 is 10.1 Å². The van der Waals surface area contributed by atoms with E-state index in [9.17, 15) is 14.4 Å². The largest absolute Gasteiger partial charge is 0.488 e. The van der Waals surface area contributed by atoms with Crippen molar-refractivity contribution < 1.29 is 28.2 Å². The Kier molecular flexibility index (Phi) is 6.77. The molecule has 38 heavy (non-hydrogen) atoms.